The molecule has 2 rings (SSSR count). The highest BCUT2D eigenvalue weighted by Gasteiger charge is 2.12. The molecule has 0 aliphatic carbocycles. The topological polar surface area (TPSA) is 35.2 Å². The van der Waals surface area contributed by atoms with Crippen LogP contribution in [0.3, 0.4) is 0 Å². The zero-order valence-corrected chi connectivity index (χ0v) is 12.1. The molecule has 100 valence electrons. The molecule has 1 unspecified atom stereocenters. The zero-order valence-electron chi connectivity index (χ0n) is 10.6. The second-order valence-electron chi connectivity index (χ2n) is 4.21. The van der Waals surface area contributed by atoms with Crippen molar-refractivity contribution in [3.63, 3.8) is 0 Å². The Morgan fingerprint density at radius 3 is 2.47 bits per heavy atom. The highest BCUT2D eigenvalue weighted by atomic mass is 35.5. The maximum absolute atomic E-state index is 6.12. The van der Waals surface area contributed by atoms with Crippen LogP contribution >= 0.6 is 23.2 Å². The maximum Gasteiger partial charge on any atom is 0.147 e. The Morgan fingerprint density at radius 1 is 1.05 bits per heavy atom. The summed E-state index contributed by atoms with van der Waals surface area (Å²) in [5.41, 5.74) is 7.04. The summed E-state index contributed by atoms with van der Waals surface area (Å²) in [6, 6.07) is 12.9. The maximum atomic E-state index is 6.12. The number of halogens is 2. The molecule has 4 heteroatoms. The Morgan fingerprint density at radius 2 is 1.74 bits per heavy atom. The molecule has 0 aliphatic heterocycles. The van der Waals surface area contributed by atoms with E-state index in [4.69, 9.17) is 33.7 Å². The summed E-state index contributed by atoms with van der Waals surface area (Å²) < 4.78 is 5.85. The number of nitrogens with two attached hydrogens (primary N) is 1. The number of hydrogen-bond acceptors (Lipinski definition) is 2. The fraction of sp³-hybridized carbons (Fsp3) is 0.200. The van der Waals surface area contributed by atoms with Crippen molar-refractivity contribution < 1.29 is 4.74 Å². The predicted octanol–water partition coefficient (Wildman–Crippen LogP) is 5.20. The Bertz CT molecular complexity index is 572. The van der Waals surface area contributed by atoms with Gasteiger partial charge in [0.15, 0.2) is 0 Å². The van der Waals surface area contributed by atoms with E-state index in [0.29, 0.717) is 21.5 Å². The molecule has 2 aromatic rings. The molecule has 2 aromatic carbocycles. The van der Waals surface area contributed by atoms with Gasteiger partial charge in [0, 0.05) is 11.6 Å². The number of hydrogen-bond donors (Lipinski definition) is 1. The normalized spacial score (nSPS) is 12.2. The molecule has 0 bridgehead atoms. The lowest BCUT2D eigenvalue weighted by Crippen LogP contribution is -2.09. The van der Waals surface area contributed by atoms with Crippen LogP contribution in [-0.2, 0) is 0 Å². The second kappa shape index (κ2) is 6.29. The first kappa shape index (κ1) is 14.2. The van der Waals surface area contributed by atoms with Gasteiger partial charge in [0.05, 0.1) is 5.02 Å². The van der Waals surface area contributed by atoms with Crippen molar-refractivity contribution in [1.29, 1.82) is 0 Å². The fourth-order valence-corrected chi connectivity index (χ4v) is 2.11. The highest BCUT2D eigenvalue weighted by Crippen LogP contribution is 2.36. The molecule has 2 nitrogen and oxygen atoms in total. The van der Waals surface area contributed by atoms with Gasteiger partial charge in [-0.15, -0.1) is 0 Å². The van der Waals surface area contributed by atoms with Crippen LogP contribution in [-0.4, -0.2) is 0 Å². The standard InChI is InChI=1S/C15H15Cl2NO/c1-2-12(18)10-6-3-4-8-13(10)19-14-9-5-7-11(16)15(14)17/h3-9,12H,2,18H2,1H3. The van der Waals surface area contributed by atoms with Gasteiger partial charge in [-0.25, -0.2) is 0 Å². The molecule has 0 amide bonds. The van der Waals surface area contributed by atoms with Gasteiger partial charge in [-0.3, -0.25) is 0 Å². The van der Waals surface area contributed by atoms with Gasteiger partial charge in [-0.2, -0.15) is 0 Å². The molecule has 0 spiro atoms. The van der Waals surface area contributed by atoms with Crippen molar-refractivity contribution in [2.24, 2.45) is 5.73 Å². The number of ether oxygens (including phenoxy) is 1. The van der Waals surface area contributed by atoms with Crippen LogP contribution in [0.1, 0.15) is 24.9 Å². The van der Waals surface area contributed by atoms with Crippen LogP contribution < -0.4 is 10.5 Å². The fourth-order valence-electron chi connectivity index (χ4n) is 1.78. The molecule has 0 radical (unpaired) electrons. The summed E-state index contributed by atoms with van der Waals surface area (Å²) in [7, 11) is 0. The summed E-state index contributed by atoms with van der Waals surface area (Å²) in [6.45, 7) is 2.04. The Kier molecular flexibility index (Phi) is 4.70. The average molecular weight is 296 g/mol. The molecular formula is C15H15Cl2NO. The minimum absolute atomic E-state index is 0.0610. The van der Waals surface area contributed by atoms with Crippen molar-refractivity contribution in [3.8, 4) is 11.5 Å². The molecule has 1 atom stereocenters. The molecular weight excluding hydrogens is 281 g/mol. The first-order chi connectivity index (χ1) is 9.13. The Balaban J connectivity index is 2.36. The minimum Gasteiger partial charge on any atom is -0.455 e. The Labute approximate surface area is 123 Å². The van der Waals surface area contributed by atoms with Crippen molar-refractivity contribution in [3.05, 3.63) is 58.1 Å². The third kappa shape index (κ3) is 3.21. The summed E-state index contributed by atoms with van der Waals surface area (Å²) in [4.78, 5) is 0. The number of para-hydroxylation sites is 1. The van der Waals surface area contributed by atoms with Gasteiger partial charge in [0.1, 0.15) is 16.5 Å². The van der Waals surface area contributed by atoms with E-state index >= 15 is 0 Å². The van der Waals surface area contributed by atoms with Crippen LogP contribution in [0.4, 0.5) is 0 Å². The summed E-state index contributed by atoms with van der Waals surface area (Å²) in [5.74, 6) is 1.24. The molecule has 0 fully saturated rings. The van der Waals surface area contributed by atoms with Gasteiger partial charge in [-0.05, 0) is 24.6 Å². The van der Waals surface area contributed by atoms with Gasteiger partial charge < -0.3 is 10.5 Å². The lowest BCUT2D eigenvalue weighted by atomic mass is 10.0. The van der Waals surface area contributed by atoms with Crippen molar-refractivity contribution >= 4 is 23.2 Å². The van der Waals surface area contributed by atoms with E-state index in [1.54, 1.807) is 18.2 Å². The van der Waals surface area contributed by atoms with E-state index < -0.39 is 0 Å². The molecule has 0 aromatic heterocycles. The van der Waals surface area contributed by atoms with Gasteiger partial charge in [0.25, 0.3) is 0 Å². The van der Waals surface area contributed by atoms with Gasteiger partial charge >= 0.3 is 0 Å². The molecule has 0 saturated carbocycles. The van der Waals surface area contributed by atoms with Crippen LogP contribution in [0.2, 0.25) is 10.0 Å². The first-order valence-electron chi connectivity index (χ1n) is 6.09. The predicted molar refractivity (Wildman–Crippen MR) is 80.2 cm³/mol. The van der Waals surface area contributed by atoms with Crippen LogP contribution in [0.25, 0.3) is 0 Å². The van der Waals surface area contributed by atoms with E-state index in [9.17, 15) is 0 Å². The number of benzene rings is 2. The van der Waals surface area contributed by atoms with Crippen LogP contribution in [0.5, 0.6) is 11.5 Å². The SMILES string of the molecule is CCC(N)c1ccccc1Oc1cccc(Cl)c1Cl. The lowest BCUT2D eigenvalue weighted by molar-refractivity contribution is 0.469. The van der Waals surface area contributed by atoms with E-state index in [1.165, 1.54) is 0 Å². The quantitative estimate of drug-likeness (QED) is 0.842. The van der Waals surface area contributed by atoms with Gasteiger partial charge in [-0.1, -0.05) is 54.4 Å². The van der Waals surface area contributed by atoms with E-state index in [1.807, 2.05) is 31.2 Å². The van der Waals surface area contributed by atoms with Gasteiger partial charge in [0.2, 0.25) is 0 Å². The van der Waals surface area contributed by atoms with E-state index in [-0.39, 0.29) is 6.04 Å². The third-order valence-corrected chi connectivity index (χ3v) is 3.70. The second-order valence-corrected chi connectivity index (χ2v) is 4.99. The summed E-state index contributed by atoms with van der Waals surface area (Å²) in [5, 5.41) is 0.875. The molecule has 2 N–H and O–H groups in total. The molecule has 0 aliphatic rings. The smallest absolute Gasteiger partial charge is 0.147 e. The van der Waals surface area contributed by atoms with Crippen LogP contribution in [0, 0.1) is 0 Å². The lowest BCUT2D eigenvalue weighted by Gasteiger charge is -2.16. The minimum atomic E-state index is -0.0610. The molecule has 0 saturated heterocycles. The van der Waals surface area contributed by atoms with Crippen molar-refractivity contribution in [2.45, 2.75) is 19.4 Å². The monoisotopic (exact) mass is 295 g/mol. The highest BCUT2D eigenvalue weighted by molar-refractivity contribution is 6.42. The van der Waals surface area contributed by atoms with E-state index in [0.717, 1.165) is 12.0 Å². The summed E-state index contributed by atoms with van der Waals surface area (Å²) in [6.07, 6.45) is 0.837. The first-order valence-corrected chi connectivity index (χ1v) is 6.85. The average Bonchev–Trinajstić information content (AvgIpc) is 2.43. The number of rotatable bonds is 4. The van der Waals surface area contributed by atoms with Crippen molar-refractivity contribution in [2.75, 3.05) is 0 Å². The zero-order chi connectivity index (χ0) is 13.8. The molecule has 19 heavy (non-hydrogen) atoms. The van der Waals surface area contributed by atoms with Crippen molar-refractivity contribution in [1.82, 2.24) is 0 Å². The largest absolute Gasteiger partial charge is 0.455 e. The Hall–Kier alpha value is -1.22. The van der Waals surface area contributed by atoms with E-state index in [2.05, 4.69) is 0 Å². The third-order valence-electron chi connectivity index (χ3n) is 2.89. The summed E-state index contributed by atoms with van der Waals surface area (Å²) >= 11 is 12.1. The molecule has 0 heterocycles. The van der Waals surface area contributed by atoms with Crippen LogP contribution in [0.15, 0.2) is 42.5 Å².